The van der Waals surface area contributed by atoms with Crippen LogP contribution in [0.15, 0.2) is 48.5 Å². The number of aliphatic hydroxyl groups is 1. The Bertz CT molecular complexity index is 1100. The van der Waals surface area contributed by atoms with E-state index in [9.17, 15) is 29.4 Å². The smallest absolute Gasteiger partial charge is 0.305 e. The van der Waals surface area contributed by atoms with Crippen LogP contribution in [-0.4, -0.2) is 58.7 Å². The second-order valence-corrected chi connectivity index (χ2v) is 10.9. The van der Waals surface area contributed by atoms with Crippen molar-refractivity contribution in [1.29, 1.82) is 0 Å². The molecule has 0 saturated carbocycles. The monoisotopic (exact) mass is 642 g/mol. The van der Waals surface area contributed by atoms with Crippen molar-refractivity contribution in [2.24, 2.45) is 5.92 Å². The summed E-state index contributed by atoms with van der Waals surface area (Å²) in [7, 11) is 1.42. The summed E-state index contributed by atoms with van der Waals surface area (Å²) in [5.41, 5.74) is 1.26. The van der Waals surface area contributed by atoms with Crippen molar-refractivity contribution >= 4 is 57.9 Å². The molecule has 2 rings (SSSR count). The van der Waals surface area contributed by atoms with E-state index < -0.39 is 54.1 Å². The quantitative estimate of drug-likeness (QED) is 0.231. The Hall–Kier alpha value is -2.64. The third-order valence-electron chi connectivity index (χ3n) is 5.42. The van der Waals surface area contributed by atoms with Crippen LogP contribution >= 0.6 is 34.4 Å². The largest absolute Gasteiger partial charge is 0.496 e. The first-order valence-electron chi connectivity index (χ1n) is 11.5. The Kier molecular flexibility index (Phi) is 12.3. The lowest BCUT2D eigenvalue weighted by Gasteiger charge is -2.26. The number of nitrogens with one attached hydrogen (secondary N) is 2. The van der Waals surface area contributed by atoms with Crippen LogP contribution in [0.3, 0.4) is 0 Å². The van der Waals surface area contributed by atoms with Crippen molar-refractivity contribution in [3.63, 3.8) is 0 Å². The number of benzene rings is 2. The fourth-order valence-electron chi connectivity index (χ4n) is 3.45. The van der Waals surface area contributed by atoms with Crippen molar-refractivity contribution in [2.45, 2.75) is 44.2 Å². The van der Waals surface area contributed by atoms with Crippen LogP contribution in [0.5, 0.6) is 5.75 Å². The standard InChI is InChI=1S/C26H31IN2O7S/c1-15(2)23(29-26(35)24(33)18-11-17(27)9-10-21(18)36-3)25(34)28-19(12-22(31)32)20(30)14-37-13-16-7-5-4-6-8-16/h4-11,15,19,23-24,33H,12-14H2,1-3H3,(H,28,34)(H,29,35)(H,31,32)/t19-,23-,24?/m0/s1. The van der Waals surface area contributed by atoms with Crippen LogP contribution in [0.1, 0.15) is 37.5 Å². The predicted molar refractivity (Wildman–Crippen MR) is 149 cm³/mol. The number of carbonyl (C=O) groups is 4. The number of hydrogen-bond donors (Lipinski definition) is 4. The summed E-state index contributed by atoms with van der Waals surface area (Å²) < 4.78 is 6.01. The molecule has 9 nitrogen and oxygen atoms in total. The lowest BCUT2D eigenvalue weighted by Crippen LogP contribution is -2.55. The molecule has 11 heteroatoms. The summed E-state index contributed by atoms with van der Waals surface area (Å²) in [6.45, 7) is 3.37. The second kappa shape index (κ2) is 14.9. The number of Topliss-reactive ketones (excluding diaryl/α,β-unsaturated/α-hetero) is 1. The maximum atomic E-state index is 13.1. The molecule has 0 fully saturated rings. The van der Waals surface area contributed by atoms with E-state index in [-0.39, 0.29) is 11.3 Å². The summed E-state index contributed by atoms with van der Waals surface area (Å²) in [6.07, 6.45) is -2.19. The van der Waals surface area contributed by atoms with Crippen LogP contribution in [0.4, 0.5) is 0 Å². The van der Waals surface area contributed by atoms with Gasteiger partial charge in [0.05, 0.1) is 25.3 Å². The van der Waals surface area contributed by atoms with Gasteiger partial charge in [0.25, 0.3) is 5.91 Å². The maximum Gasteiger partial charge on any atom is 0.305 e. The summed E-state index contributed by atoms with van der Waals surface area (Å²) in [6, 6.07) is 12.1. The van der Waals surface area contributed by atoms with Crippen LogP contribution in [0, 0.1) is 9.49 Å². The summed E-state index contributed by atoms with van der Waals surface area (Å²) in [5.74, 6) is -2.74. The number of amides is 2. The van der Waals surface area contributed by atoms with Gasteiger partial charge in [-0.25, -0.2) is 0 Å². The molecule has 200 valence electrons. The summed E-state index contributed by atoms with van der Waals surface area (Å²) in [5, 5.41) is 25.0. The number of carboxylic acids is 1. The molecule has 2 aromatic rings. The summed E-state index contributed by atoms with van der Waals surface area (Å²) in [4.78, 5) is 50.1. The first kappa shape index (κ1) is 30.6. The van der Waals surface area contributed by atoms with Gasteiger partial charge in [-0.05, 0) is 52.3 Å². The Morgan fingerprint density at radius 1 is 1.03 bits per heavy atom. The number of rotatable bonds is 14. The number of halogens is 1. The molecule has 0 heterocycles. The molecule has 0 aliphatic heterocycles. The van der Waals surface area contributed by atoms with Crippen molar-refractivity contribution in [1.82, 2.24) is 10.6 Å². The van der Waals surface area contributed by atoms with E-state index in [2.05, 4.69) is 10.6 Å². The van der Waals surface area contributed by atoms with Crippen molar-refractivity contribution in [3.05, 3.63) is 63.2 Å². The van der Waals surface area contributed by atoms with Gasteiger partial charge in [0.2, 0.25) is 5.91 Å². The van der Waals surface area contributed by atoms with Crippen molar-refractivity contribution in [2.75, 3.05) is 12.9 Å². The van der Waals surface area contributed by atoms with E-state index in [0.29, 0.717) is 11.5 Å². The van der Waals surface area contributed by atoms with Crippen LogP contribution < -0.4 is 15.4 Å². The number of ether oxygens (including phenoxy) is 1. The summed E-state index contributed by atoms with van der Waals surface area (Å²) >= 11 is 3.36. The van der Waals surface area contributed by atoms with Gasteiger partial charge < -0.3 is 25.6 Å². The number of carbonyl (C=O) groups excluding carboxylic acids is 3. The Morgan fingerprint density at radius 3 is 2.30 bits per heavy atom. The molecule has 2 amide bonds. The number of methoxy groups -OCH3 is 1. The van der Waals surface area contributed by atoms with Crippen LogP contribution in [-0.2, 0) is 24.9 Å². The zero-order valence-corrected chi connectivity index (χ0v) is 23.7. The highest BCUT2D eigenvalue weighted by Gasteiger charge is 2.32. The van der Waals surface area contributed by atoms with E-state index in [0.717, 1.165) is 9.13 Å². The molecule has 2 aromatic carbocycles. The van der Waals surface area contributed by atoms with E-state index in [1.165, 1.54) is 18.9 Å². The average molecular weight is 643 g/mol. The van der Waals surface area contributed by atoms with Crippen LogP contribution in [0.25, 0.3) is 0 Å². The third kappa shape index (κ3) is 9.63. The van der Waals surface area contributed by atoms with Gasteiger partial charge in [-0.1, -0.05) is 44.2 Å². The lowest BCUT2D eigenvalue weighted by molar-refractivity contribution is -0.140. The SMILES string of the molecule is COc1ccc(I)cc1C(O)C(=O)N[C@H](C(=O)N[C@@H](CC(=O)O)C(=O)CSCc1ccccc1)C(C)C. The second-order valence-electron chi connectivity index (χ2n) is 8.62. The average Bonchev–Trinajstić information content (AvgIpc) is 2.86. The molecule has 0 aliphatic rings. The Labute approximate surface area is 233 Å². The highest BCUT2D eigenvalue weighted by molar-refractivity contribution is 14.1. The molecule has 0 saturated heterocycles. The van der Waals surface area contributed by atoms with Gasteiger partial charge >= 0.3 is 5.97 Å². The number of hydrogen-bond acceptors (Lipinski definition) is 7. The minimum absolute atomic E-state index is 0.0109. The van der Waals surface area contributed by atoms with Crippen molar-refractivity contribution in [3.8, 4) is 5.75 Å². The van der Waals surface area contributed by atoms with Gasteiger partial charge in [-0.2, -0.15) is 0 Å². The predicted octanol–water partition coefficient (Wildman–Crippen LogP) is 2.94. The van der Waals surface area contributed by atoms with Gasteiger partial charge in [0.15, 0.2) is 11.9 Å². The normalized spacial score (nSPS) is 13.4. The van der Waals surface area contributed by atoms with Gasteiger partial charge in [0, 0.05) is 14.9 Å². The van der Waals surface area contributed by atoms with Gasteiger partial charge in [-0.3, -0.25) is 19.2 Å². The van der Waals surface area contributed by atoms with Gasteiger partial charge in [-0.15, -0.1) is 11.8 Å². The molecule has 0 aromatic heterocycles. The highest BCUT2D eigenvalue weighted by atomic mass is 127. The van der Waals surface area contributed by atoms with E-state index in [4.69, 9.17) is 4.74 Å². The lowest BCUT2D eigenvalue weighted by atomic mass is 10.0. The van der Waals surface area contributed by atoms with E-state index in [1.807, 2.05) is 52.9 Å². The first-order chi connectivity index (χ1) is 17.5. The molecular formula is C26H31IN2O7S. The Morgan fingerprint density at radius 2 is 1.70 bits per heavy atom. The van der Waals surface area contributed by atoms with Crippen LogP contribution in [0.2, 0.25) is 0 Å². The molecule has 1 unspecified atom stereocenters. The number of aliphatic carboxylic acids is 1. The van der Waals surface area contributed by atoms with Gasteiger partial charge in [0.1, 0.15) is 11.8 Å². The maximum absolute atomic E-state index is 13.1. The fourth-order valence-corrected chi connectivity index (χ4v) is 4.90. The van der Waals surface area contributed by atoms with E-state index >= 15 is 0 Å². The molecule has 0 aliphatic carbocycles. The fraction of sp³-hybridized carbons (Fsp3) is 0.385. The van der Waals surface area contributed by atoms with Crippen molar-refractivity contribution < 1.29 is 34.1 Å². The van der Waals surface area contributed by atoms with E-state index in [1.54, 1.807) is 32.0 Å². The molecular weight excluding hydrogens is 611 g/mol. The minimum Gasteiger partial charge on any atom is -0.496 e. The number of ketones is 1. The zero-order chi connectivity index (χ0) is 27.5. The molecule has 3 atom stereocenters. The highest BCUT2D eigenvalue weighted by Crippen LogP contribution is 2.27. The number of thioether (sulfide) groups is 1. The molecule has 0 radical (unpaired) electrons. The molecule has 0 spiro atoms. The number of aliphatic hydroxyl groups excluding tert-OH is 1. The molecule has 4 N–H and O–H groups in total. The Balaban J connectivity index is 2.08. The first-order valence-corrected chi connectivity index (χ1v) is 13.7. The third-order valence-corrected chi connectivity index (χ3v) is 7.12. The zero-order valence-electron chi connectivity index (χ0n) is 20.8. The topological polar surface area (TPSA) is 142 Å². The molecule has 37 heavy (non-hydrogen) atoms. The minimum atomic E-state index is -1.61. The number of carboxylic acid groups (broad SMARTS) is 1. The molecule has 0 bridgehead atoms.